The molecule has 0 spiro atoms. The number of Topliss-reactive ketones (excluding diaryl/α,β-unsaturated/α-hetero) is 1. The van der Waals surface area contributed by atoms with Gasteiger partial charge in [0.2, 0.25) is 0 Å². The number of ketones is 1. The minimum atomic E-state index is -0.732. The molecule has 4 nitrogen and oxygen atoms in total. The highest BCUT2D eigenvalue weighted by Crippen LogP contribution is 2.33. The van der Waals surface area contributed by atoms with Gasteiger partial charge in [0.05, 0.1) is 18.7 Å². The van der Waals surface area contributed by atoms with Crippen LogP contribution in [0.15, 0.2) is 29.3 Å². The molecule has 0 aliphatic carbocycles. The standard InChI is InChI=1S/C22H24ClNO3S/c1-12(2)11-27-20(26)9-17-18(25)10-19-21(13(3)14(4)28-19)22(24-17)15-5-7-16(23)8-6-15/h5-8,12,17H,9-11H2,1-4H3/t17-/m0/s1. The summed E-state index contributed by atoms with van der Waals surface area (Å²) in [5.41, 5.74) is 3.78. The Morgan fingerprint density at radius 1 is 1.29 bits per heavy atom. The Bertz CT molecular complexity index is 928. The van der Waals surface area contributed by atoms with Gasteiger partial charge in [-0.15, -0.1) is 11.3 Å². The zero-order valence-electron chi connectivity index (χ0n) is 16.5. The first-order valence-electron chi connectivity index (χ1n) is 9.37. The van der Waals surface area contributed by atoms with Crippen LogP contribution >= 0.6 is 22.9 Å². The predicted molar refractivity (Wildman–Crippen MR) is 114 cm³/mol. The number of ether oxygens (including phenoxy) is 1. The van der Waals surface area contributed by atoms with E-state index in [9.17, 15) is 9.59 Å². The first-order chi connectivity index (χ1) is 13.3. The number of hydrogen-bond acceptors (Lipinski definition) is 5. The Kier molecular flexibility index (Phi) is 6.36. The highest BCUT2D eigenvalue weighted by atomic mass is 35.5. The van der Waals surface area contributed by atoms with Crippen LogP contribution in [0.1, 0.15) is 46.7 Å². The smallest absolute Gasteiger partial charge is 0.308 e. The monoisotopic (exact) mass is 417 g/mol. The largest absolute Gasteiger partial charge is 0.465 e. The number of carbonyl (C=O) groups excluding carboxylic acids is 2. The maximum absolute atomic E-state index is 12.9. The first-order valence-corrected chi connectivity index (χ1v) is 10.6. The van der Waals surface area contributed by atoms with Crippen molar-refractivity contribution in [2.45, 2.75) is 46.6 Å². The molecule has 0 fully saturated rings. The third-order valence-corrected chi connectivity index (χ3v) is 6.20. The maximum atomic E-state index is 12.9. The molecule has 6 heteroatoms. The van der Waals surface area contributed by atoms with Crippen molar-refractivity contribution in [2.24, 2.45) is 10.9 Å². The van der Waals surface area contributed by atoms with Crippen LogP contribution in [0.2, 0.25) is 5.02 Å². The lowest BCUT2D eigenvalue weighted by atomic mass is 9.98. The van der Waals surface area contributed by atoms with Gasteiger partial charge in [-0.1, -0.05) is 37.6 Å². The molecule has 1 aliphatic heterocycles. The fourth-order valence-electron chi connectivity index (χ4n) is 3.16. The molecule has 1 aromatic heterocycles. The van der Waals surface area contributed by atoms with Crippen molar-refractivity contribution >= 4 is 40.4 Å². The van der Waals surface area contributed by atoms with Gasteiger partial charge in [0.1, 0.15) is 6.04 Å². The summed E-state index contributed by atoms with van der Waals surface area (Å²) in [5, 5.41) is 0.640. The molecule has 0 saturated heterocycles. The second kappa shape index (κ2) is 8.58. The molecular formula is C22H24ClNO3S. The van der Waals surface area contributed by atoms with Gasteiger partial charge in [0.25, 0.3) is 0 Å². The van der Waals surface area contributed by atoms with Gasteiger partial charge in [-0.05, 0) is 37.5 Å². The zero-order valence-corrected chi connectivity index (χ0v) is 18.1. The van der Waals surface area contributed by atoms with E-state index in [0.717, 1.165) is 27.3 Å². The van der Waals surface area contributed by atoms with Crippen LogP contribution in [0.4, 0.5) is 0 Å². The molecule has 0 radical (unpaired) electrons. The predicted octanol–water partition coefficient (Wildman–Crippen LogP) is 4.94. The number of rotatable bonds is 5. The Morgan fingerprint density at radius 2 is 1.96 bits per heavy atom. The Hall–Kier alpha value is -1.98. The highest BCUT2D eigenvalue weighted by molar-refractivity contribution is 7.12. The van der Waals surface area contributed by atoms with Crippen molar-refractivity contribution in [1.82, 2.24) is 0 Å². The fraction of sp³-hybridized carbons (Fsp3) is 0.409. The van der Waals surface area contributed by atoms with Gasteiger partial charge >= 0.3 is 5.97 Å². The summed E-state index contributed by atoms with van der Waals surface area (Å²) >= 11 is 7.67. The normalized spacial score (nSPS) is 16.6. The lowest BCUT2D eigenvalue weighted by Gasteiger charge is -2.13. The van der Waals surface area contributed by atoms with Gasteiger partial charge in [0.15, 0.2) is 5.78 Å². The fourth-order valence-corrected chi connectivity index (χ4v) is 4.48. The number of esters is 1. The summed E-state index contributed by atoms with van der Waals surface area (Å²) in [6, 6.07) is 6.70. The van der Waals surface area contributed by atoms with E-state index in [-0.39, 0.29) is 30.5 Å². The summed E-state index contributed by atoms with van der Waals surface area (Å²) in [7, 11) is 0. The van der Waals surface area contributed by atoms with E-state index in [0.29, 0.717) is 11.6 Å². The minimum Gasteiger partial charge on any atom is -0.465 e. The molecular weight excluding hydrogens is 394 g/mol. The van der Waals surface area contributed by atoms with E-state index in [1.165, 1.54) is 4.88 Å². The van der Waals surface area contributed by atoms with E-state index >= 15 is 0 Å². The van der Waals surface area contributed by atoms with E-state index in [1.807, 2.05) is 38.1 Å². The molecule has 148 valence electrons. The number of thiophene rings is 1. The zero-order chi connectivity index (χ0) is 20.4. The van der Waals surface area contributed by atoms with Gasteiger partial charge in [-0.25, -0.2) is 0 Å². The Balaban J connectivity index is 2.01. The van der Waals surface area contributed by atoms with Crippen molar-refractivity contribution in [1.29, 1.82) is 0 Å². The molecule has 0 unspecified atom stereocenters. The third kappa shape index (κ3) is 4.53. The molecule has 1 aromatic carbocycles. The van der Waals surface area contributed by atoms with Crippen LogP contribution in [0.5, 0.6) is 0 Å². The van der Waals surface area contributed by atoms with Crippen molar-refractivity contribution in [3.63, 3.8) is 0 Å². The molecule has 2 heterocycles. The van der Waals surface area contributed by atoms with Gasteiger partial charge < -0.3 is 4.74 Å². The molecule has 2 aromatic rings. The molecule has 0 amide bonds. The lowest BCUT2D eigenvalue weighted by molar-refractivity contribution is -0.146. The SMILES string of the molecule is Cc1sc2c(c1C)C(c1ccc(Cl)cc1)=N[C@@H](CC(=O)OCC(C)C)C(=O)C2. The number of nitrogens with zero attached hydrogens (tertiary/aromatic N) is 1. The first kappa shape index (κ1) is 20.7. The maximum Gasteiger partial charge on any atom is 0.308 e. The van der Waals surface area contributed by atoms with Crippen LogP contribution in [0.25, 0.3) is 0 Å². The number of aliphatic imine (C=N–C) groups is 1. The summed E-state index contributed by atoms with van der Waals surface area (Å²) < 4.78 is 5.28. The van der Waals surface area contributed by atoms with Crippen molar-refractivity contribution in [3.05, 3.63) is 55.7 Å². The van der Waals surface area contributed by atoms with Crippen LogP contribution in [0.3, 0.4) is 0 Å². The quantitative estimate of drug-likeness (QED) is 0.647. The average Bonchev–Trinajstić information content (AvgIpc) is 2.83. The Morgan fingerprint density at radius 3 is 2.61 bits per heavy atom. The summed E-state index contributed by atoms with van der Waals surface area (Å²) in [4.78, 5) is 32.1. The topological polar surface area (TPSA) is 55.7 Å². The Labute approximate surface area is 174 Å². The molecule has 0 N–H and O–H groups in total. The summed E-state index contributed by atoms with van der Waals surface area (Å²) in [5.74, 6) is -0.183. The number of hydrogen-bond donors (Lipinski definition) is 0. The lowest BCUT2D eigenvalue weighted by Crippen LogP contribution is -2.25. The van der Waals surface area contributed by atoms with E-state index in [1.54, 1.807) is 11.3 Å². The van der Waals surface area contributed by atoms with Gasteiger partial charge in [-0.3, -0.25) is 14.6 Å². The van der Waals surface area contributed by atoms with Gasteiger partial charge in [-0.2, -0.15) is 0 Å². The average molecular weight is 418 g/mol. The van der Waals surface area contributed by atoms with E-state index in [2.05, 4.69) is 13.8 Å². The van der Waals surface area contributed by atoms with Gasteiger partial charge in [0, 0.05) is 32.3 Å². The number of carbonyl (C=O) groups is 2. The molecule has 1 aliphatic rings. The third-order valence-electron chi connectivity index (χ3n) is 4.74. The van der Waals surface area contributed by atoms with Crippen LogP contribution in [-0.4, -0.2) is 30.1 Å². The molecule has 1 atom stereocenters. The molecule has 3 rings (SSSR count). The second-order valence-electron chi connectivity index (χ2n) is 7.51. The number of benzene rings is 1. The number of aryl methyl sites for hydroxylation is 1. The van der Waals surface area contributed by atoms with Crippen molar-refractivity contribution < 1.29 is 14.3 Å². The van der Waals surface area contributed by atoms with Crippen LogP contribution in [-0.2, 0) is 20.7 Å². The molecule has 0 saturated carbocycles. The highest BCUT2D eigenvalue weighted by Gasteiger charge is 2.31. The second-order valence-corrected chi connectivity index (χ2v) is 9.25. The van der Waals surface area contributed by atoms with Crippen LogP contribution in [0, 0.1) is 19.8 Å². The summed E-state index contributed by atoms with van der Waals surface area (Å²) in [6.45, 7) is 8.41. The minimum absolute atomic E-state index is 0.0321. The molecule has 0 bridgehead atoms. The van der Waals surface area contributed by atoms with E-state index in [4.69, 9.17) is 21.3 Å². The summed E-state index contributed by atoms with van der Waals surface area (Å²) in [6.07, 6.45) is 0.257. The van der Waals surface area contributed by atoms with Crippen molar-refractivity contribution in [3.8, 4) is 0 Å². The van der Waals surface area contributed by atoms with Crippen molar-refractivity contribution in [2.75, 3.05) is 6.61 Å². The van der Waals surface area contributed by atoms with E-state index < -0.39 is 6.04 Å². The number of halogens is 1. The number of fused-ring (bicyclic) bond motifs is 1. The van der Waals surface area contributed by atoms with Crippen LogP contribution < -0.4 is 0 Å². The molecule has 28 heavy (non-hydrogen) atoms.